The van der Waals surface area contributed by atoms with Gasteiger partial charge in [-0.25, -0.2) is 0 Å². The molecule has 4 nitrogen and oxygen atoms in total. The lowest BCUT2D eigenvalue weighted by atomic mass is 10.1. The summed E-state index contributed by atoms with van der Waals surface area (Å²) in [6.07, 6.45) is 2.13. The normalized spacial score (nSPS) is 19.9. The van der Waals surface area contributed by atoms with Gasteiger partial charge in [0.05, 0.1) is 16.1 Å². The van der Waals surface area contributed by atoms with Crippen LogP contribution in [0.15, 0.2) is 22.7 Å². The number of methoxy groups -OCH3 is 1. The molecule has 1 saturated heterocycles. The molecule has 0 radical (unpaired) electrons. The smallest absolute Gasteiger partial charge is 0.255 e. The molecule has 1 aliphatic heterocycles. The second-order valence-electron chi connectivity index (χ2n) is 4.46. The van der Waals surface area contributed by atoms with Crippen molar-refractivity contribution in [2.45, 2.75) is 18.9 Å². The average molecular weight is 313 g/mol. The highest BCUT2D eigenvalue weighted by molar-refractivity contribution is 9.10. The van der Waals surface area contributed by atoms with Crippen LogP contribution < -0.4 is 5.73 Å². The number of likely N-dealkylation sites (tertiary alicyclic amines) is 1. The number of benzene rings is 1. The minimum Gasteiger partial charge on any atom is -0.398 e. The van der Waals surface area contributed by atoms with Crippen LogP contribution >= 0.6 is 15.9 Å². The fourth-order valence-corrected chi connectivity index (χ4v) is 2.63. The second kappa shape index (κ2) is 5.71. The highest BCUT2D eigenvalue weighted by atomic mass is 79.9. The predicted octanol–water partition coefficient (Wildman–Crippen LogP) is 2.28. The number of nitrogen functional groups attached to an aromatic ring is 1. The Morgan fingerprint density at radius 2 is 2.33 bits per heavy atom. The number of hydrogen-bond donors (Lipinski definition) is 1. The van der Waals surface area contributed by atoms with Crippen LogP contribution in [0, 0.1) is 0 Å². The van der Waals surface area contributed by atoms with Gasteiger partial charge in [-0.2, -0.15) is 0 Å². The molecule has 0 saturated carbocycles. The summed E-state index contributed by atoms with van der Waals surface area (Å²) in [6, 6.07) is 5.36. The van der Waals surface area contributed by atoms with E-state index >= 15 is 0 Å². The molecule has 1 aromatic carbocycles. The number of carbonyl (C=O) groups excluding carboxylic acids is 1. The van der Waals surface area contributed by atoms with E-state index in [-0.39, 0.29) is 12.0 Å². The summed E-state index contributed by atoms with van der Waals surface area (Å²) < 4.78 is 6.01. The zero-order chi connectivity index (χ0) is 13.1. The van der Waals surface area contributed by atoms with E-state index in [1.807, 2.05) is 4.90 Å². The van der Waals surface area contributed by atoms with Crippen LogP contribution in [0.25, 0.3) is 0 Å². The number of piperidine rings is 1. The molecule has 18 heavy (non-hydrogen) atoms. The molecule has 0 aromatic heterocycles. The predicted molar refractivity (Wildman–Crippen MR) is 74.5 cm³/mol. The molecule has 2 rings (SSSR count). The van der Waals surface area contributed by atoms with Gasteiger partial charge in [-0.15, -0.1) is 0 Å². The fourth-order valence-electron chi connectivity index (χ4n) is 2.20. The van der Waals surface area contributed by atoms with Crippen molar-refractivity contribution in [3.63, 3.8) is 0 Å². The van der Waals surface area contributed by atoms with Crippen molar-refractivity contribution in [3.05, 3.63) is 28.2 Å². The van der Waals surface area contributed by atoms with Crippen LogP contribution in [0.4, 0.5) is 5.69 Å². The third-order valence-electron chi connectivity index (χ3n) is 3.26. The maximum atomic E-state index is 12.4. The number of rotatable bonds is 2. The summed E-state index contributed by atoms with van der Waals surface area (Å²) in [7, 11) is 1.69. The summed E-state index contributed by atoms with van der Waals surface area (Å²) in [5.41, 5.74) is 7.00. The van der Waals surface area contributed by atoms with Crippen LogP contribution in [0.3, 0.4) is 0 Å². The van der Waals surface area contributed by atoms with Gasteiger partial charge in [0.2, 0.25) is 0 Å². The highest BCUT2D eigenvalue weighted by Crippen LogP contribution is 2.26. The van der Waals surface area contributed by atoms with Crippen molar-refractivity contribution in [2.24, 2.45) is 0 Å². The highest BCUT2D eigenvalue weighted by Gasteiger charge is 2.25. The van der Waals surface area contributed by atoms with Gasteiger partial charge in [-0.05, 0) is 40.9 Å². The zero-order valence-electron chi connectivity index (χ0n) is 10.4. The third-order valence-corrected chi connectivity index (χ3v) is 4.14. The van der Waals surface area contributed by atoms with Crippen LogP contribution in [0.1, 0.15) is 23.2 Å². The van der Waals surface area contributed by atoms with E-state index < -0.39 is 0 Å². The Kier molecular flexibility index (Phi) is 4.24. The van der Waals surface area contributed by atoms with Crippen molar-refractivity contribution >= 4 is 27.5 Å². The van der Waals surface area contributed by atoms with Gasteiger partial charge in [0.15, 0.2) is 0 Å². The Morgan fingerprint density at radius 3 is 3.06 bits per heavy atom. The maximum Gasteiger partial charge on any atom is 0.255 e. The second-order valence-corrected chi connectivity index (χ2v) is 5.25. The van der Waals surface area contributed by atoms with Crippen LogP contribution in [-0.4, -0.2) is 37.1 Å². The first kappa shape index (κ1) is 13.4. The molecular weight excluding hydrogens is 296 g/mol. The lowest BCUT2D eigenvalue weighted by Crippen LogP contribution is -2.43. The van der Waals surface area contributed by atoms with E-state index in [4.69, 9.17) is 10.5 Å². The molecule has 1 atom stereocenters. The number of halogens is 1. The molecule has 1 amide bonds. The van der Waals surface area contributed by atoms with Gasteiger partial charge in [0.25, 0.3) is 5.91 Å². The van der Waals surface area contributed by atoms with Crippen LogP contribution in [-0.2, 0) is 4.74 Å². The minimum absolute atomic E-state index is 0.0101. The molecule has 98 valence electrons. The number of amides is 1. The first-order chi connectivity index (χ1) is 8.63. The van der Waals surface area contributed by atoms with Crippen molar-refractivity contribution in [3.8, 4) is 0 Å². The summed E-state index contributed by atoms with van der Waals surface area (Å²) in [5.74, 6) is 0.0101. The molecular formula is C13H17BrN2O2. The van der Waals surface area contributed by atoms with Crippen molar-refractivity contribution < 1.29 is 9.53 Å². The Balaban J connectivity index is 2.18. The van der Waals surface area contributed by atoms with E-state index in [0.717, 1.165) is 19.4 Å². The summed E-state index contributed by atoms with van der Waals surface area (Å²) >= 11 is 3.38. The Labute approximate surface area is 115 Å². The molecule has 1 fully saturated rings. The Hall–Kier alpha value is -1.07. The standard InChI is InChI=1S/C13H17BrN2O2/c1-18-9-4-3-7-16(8-9)13(17)10-5-2-6-11(15)12(10)14/h2,5-6,9H,3-4,7-8,15H2,1H3. The van der Waals surface area contributed by atoms with Gasteiger partial charge in [0, 0.05) is 25.9 Å². The summed E-state index contributed by atoms with van der Waals surface area (Å²) in [6.45, 7) is 1.43. The number of nitrogens with zero attached hydrogens (tertiary/aromatic N) is 1. The van der Waals surface area contributed by atoms with Gasteiger partial charge in [-0.3, -0.25) is 4.79 Å². The summed E-state index contributed by atoms with van der Waals surface area (Å²) in [5, 5.41) is 0. The molecule has 0 bridgehead atoms. The van der Waals surface area contributed by atoms with E-state index in [1.165, 1.54) is 0 Å². The van der Waals surface area contributed by atoms with E-state index in [0.29, 0.717) is 22.3 Å². The van der Waals surface area contributed by atoms with Gasteiger partial charge in [0.1, 0.15) is 0 Å². The minimum atomic E-state index is 0.0101. The van der Waals surface area contributed by atoms with Crippen LogP contribution in [0.5, 0.6) is 0 Å². The first-order valence-electron chi connectivity index (χ1n) is 5.99. The fraction of sp³-hybridized carbons (Fsp3) is 0.462. The largest absolute Gasteiger partial charge is 0.398 e. The van der Waals surface area contributed by atoms with E-state index in [9.17, 15) is 4.79 Å². The van der Waals surface area contributed by atoms with E-state index in [1.54, 1.807) is 25.3 Å². The number of nitrogens with two attached hydrogens (primary N) is 1. The van der Waals surface area contributed by atoms with Crippen LogP contribution in [0.2, 0.25) is 0 Å². The molecule has 5 heteroatoms. The third kappa shape index (κ3) is 2.67. The summed E-state index contributed by atoms with van der Waals surface area (Å²) in [4.78, 5) is 14.2. The topological polar surface area (TPSA) is 55.6 Å². The SMILES string of the molecule is COC1CCCN(C(=O)c2cccc(N)c2Br)C1. The molecule has 0 aliphatic carbocycles. The first-order valence-corrected chi connectivity index (χ1v) is 6.79. The molecule has 1 aliphatic rings. The quantitative estimate of drug-likeness (QED) is 0.852. The molecule has 1 aromatic rings. The molecule has 1 unspecified atom stereocenters. The molecule has 1 heterocycles. The van der Waals surface area contributed by atoms with Crippen molar-refractivity contribution in [2.75, 3.05) is 25.9 Å². The number of ether oxygens (including phenoxy) is 1. The van der Waals surface area contributed by atoms with Gasteiger partial charge >= 0.3 is 0 Å². The number of anilines is 1. The average Bonchev–Trinajstić information content (AvgIpc) is 2.41. The Bertz CT molecular complexity index is 451. The van der Waals surface area contributed by atoms with Gasteiger partial charge in [-0.1, -0.05) is 6.07 Å². The van der Waals surface area contributed by atoms with Crippen molar-refractivity contribution in [1.82, 2.24) is 4.90 Å². The molecule has 0 spiro atoms. The Morgan fingerprint density at radius 1 is 1.56 bits per heavy atom. The maximum absolute atomic E-state index is 12.4. The zero-order valence-corrected chi connectivity index (χ0v) is 11.9. The van der Waals surface area contributed by atoms with Crippen molar-refractivity contribution in [1.29, 1.82) is 0 Å². The lowest BCUT2D eigenvalue weighted by molar-refractivity contribution is 0.0268. The molecule has 2 N–H and O–H groups in total. The van der Waals surface area contributed by atoms with E-state index in [2.05, 4.69) is 15.9 Å². The monoisotopic (exact) mass is 312 g/mol. The van der Waals surface area contributed by atoms with Gasteiger partial charge < -0.3 is 15.4 Å². The number of carbonyl (C=O) groups is 1. The number of hydrogen-bond acceptors (Lipinski definition) is 3. The lowest BCUT2D eigenvalue weighted by Gasteiger charge is -2.32.